The van der Waals surface area contributed by atoms with Gasteiger partial charge in [0.05, 0.1) is 18.4 Å². The SMILES string of the molecule is C=CCN=C(c1ccccc1-c1cc(-c2ccccc2C=Nc2cccnc2Nc2ccccc2)cc(-c2ccccc2C(=Nc2cccnc2)N(C)c2ccccc2)c1)N(C/N=C\C)C1=CCC(C)C=C1. The summed E-state index contributed by atoms with van der Waals surface area (Å²) in [7, 11) is 2.06. The van der Waals surface area contributed by atoms with E-state index in [1.807, 2.05) is 98.2 Å². The van der Waals surface area contributed by atoms with Crippen LogP contribution in [0.3, 0.4) is 0 Å². The highest BCUT2D eigenvalue weighted by molar-refractivity contribution is 6.15. The van der Waals surface area contributed by atoms with Gasteiger partial charge in [-0.3, -0.25) is 20.0 Å². The molecule has 0 radical (unpaired) electrons. The van der Waals surface area contributed by atoms with E-state index < -0.39 is 0 Å². The number of benzene rings is 6. The van der Waals surface area contributed by atoms with E-state index in [1.54, 1.807) is 18.6 Å². The lowest BCUT2D eigenvalue weighted by Crippen LogP contribution is -2.32. The molecule has 1 N–H and O–H groups in total. The number of para-hydroxylation sites is 2. The van der Waals surface area contributed by atoms with E-state index in [9.17, 15) is 0 Å². The molecule has 9 heteroatoms. The zero-order valence-electron chi connectivity index (χ0n) is 40.9. The van der Waals surface area contributed by atoms with Gasteiger partial charge in [-0.2, -0.15) is 0 Å². The summed E-state index contributed by atoms with van der Waals surface area (Å²) >= 11 is 0. The summed E-state index contributed by atoms with van der Waals surface area (Å²) in [5.74, 6) is 2.70. The van der Waals surface area contributed by atoms with Crippen LogP contribution in [0.25, 0.3) is 33.4 Å². The van der Waals surface area contributed by atoms with Crippen molar-refractivity contribution in [3.63, 3.8) is 0 Å². The van der Waals surface area contributed by atoms with Crippen LogP contribution in [0.2, 0.25) is 0 Å². The van der Waals surface area contributed by atoms with Crippen molar-refractivity contribution in [2.24, 2.45) is 25.9 Å². The first-order valence-electron chi connectivity index (χ1n) is 24.3. The fourth-order valence-electron chi connectivity index (χ4n) is 8.67. The molecule has 6 aromatic carbocycles. The molecule has 1 unspecified atom stereocenters. The maximum Gasteiger partial charge on any atom is 0.156 e. The van der Waals surface area contributed by atoms with Gasteiger partial charge < -0.3 is 15.1 Å². The van der Waals surface area contributed by atoms with Crippen molar-refractivity contribution in [1.82, 2.24) is 14.9 Å². The Labute approximate surface area is 423 Å². The van der Waals surface area contributed by atoms with Crippen molar-refractivity contribution in [2.45, 2.75) is 20.3 Å². The highest BCUT2D eigenvalue weighted by Gasteiger charge is 2.23. The van der Waals surface area contributed by atoms with Crippen LogP contribution >= 0.6 is 0 Å². The van der Waals surface area contributed by atoms with Gasteiger partial charge in [-0.1, -0.05) is 134 Å². The molecule has 0 saturated heterocycles. The normalized spacial score (nSPS) is 13.8. The maximum atomic E-state index is 5.31. The fraction of sp³-hybridized carbons (Fsp3) is 0.111. The van der Waals surface area contributed by atoms with Gasteiger partial charge in [-0.15, -0.1) is 6.58 Å². The molecular weight excluding hydrogens is 883 g/mol. The molecule has 1 aliphatic rings. The monoisotopic (exact) mass is 939 g/mol. The highest BCUT2D eigenvalue weighted by atomic mass is 15.2. The van der Waals surface area contributed by atoms with Crippen molar-refractivity contribution >= 4 is 52.7 Å². The van der Waals surface area contributed by atoms with Crippen molar-refractivity contribution in [3.8, 4) is 33.4 Å². The quantitative estimate of drug-likeness (QED) is 0.0592. The highest BCUT2D eigenvalue weighted by Crippen LogP contribution is 2.39. The van der Waals surface area contributed by atoms with Crippen LogP contribution in [0.5, 0.6) is 0 Å². The first-order valence-corrected chi connectivity index (χ1v) is 24.3. The molecule has 1 aliphatic carbocycles. The molecule has 2 aromatic heterocycles. The Morgan fingerprint density at radius 3 is 2.03 bits per heavy atom. The average Bonchev–Trinajstić information content (AvgIpc) is 3.44. The zero-order chi connectivity index (χ0) is 49.5. The smallest absolute Gasteiger partial charge is 0.156 e. The second-order valence-corrected chi connectivity index (χ2v) is 17.3. The molecule has 1 atom stereocenters. The summed E-state index contributed by atoms with van der Waals surface area (Å²) in [6.45, 7) is 9.10. The van der Waals surface area contributed by atoms with Crippen LogP contribution in [0, 0.1) is 5.92 Å². The molecule has 2 heterocycles. The first-order chi connectivity index (χ1) is 35.5. The molecule has 354 valence electrons. The molecule has 0 bridgehead atoms. The molecule has 9 rings (SSSR count). The molecule has 0 fully saturated rings. The van der Waals surface area contributed by atoms with Crippen LogP contribution in [-0.4, -0.2) is 59.2 Å². The third kappa shape index (κ3) is 11.5. The van der Waals surface area contributed by atoms with Crippen LogP contribution in [-0.2, 0) is 0 Å². The Bertz CT molecular complexity index is 3320. The second kappa shape index (κ2) is 23.5. The minimum absolute atomic E-state index is 0.407. The van der Waals surface area contributed by atoms with E-state index in [4.69, 9.17) is 20.0 Å². The zero-order valence-corrected chi connectivity index (χ0v) is 40.9. The van der Waals surface area contributed by atoms with Crippen molar-refractivity contribution in [2.75, 3.05) is 30.5 Å². The Kier molecular flexibility index (Phi) is 15.6. The maximum absolute atomic E-state index is 5.31. The lowest BCUT2D eigenvalue weighted by Gasteiger charge is -2.29. The third-order valence-electron chi connectivity index (χ3n) is 12.3. The summed E-state index contributed by atoms with van der Waals surface area (Å²) in [5.41, 5.74) is 13.4. The number of allylic oxidation sites excluding steroid dienone is 3. The van der Waals surface area contributed by atoms with Crippen LogP contribution < -0.4 is 10.2 Å². The second-order valence-electron chi connectivity index (χ2n) is 17.3. The minimum Gasteiger partial charge on any atom is -0.338 e. The number of rotatable bonds is 16. The Morgan fingerprint density at radius 2 is 1.36 bits per heavy atom. The average molecular weight is 940 g/mol. The summed E-state index contributed by atoms with van der Waals surface area (Å²) in [6, 6.07) is 60.4. The fourth-order valence-corrected chi connectivity index (χ4v) is 8.67. The van der Waals surface area contributed by atoms with Crippen molar-refractivity contribution in [3.05, 3.63) is 248 Å². The topological polar surface area (TPSA) is 93.7 Å². The largest absolute Gasteiger partial charge is 0.338 e. The summed E-state index contributed by atoms with van der Waals surface area (Å²) < 4.78 is 0. The van der Waals surface area contributed by atoms with Gasteiger partial charge in [-0.05, 0) is 132 Å². The molecule has 8 aromatic rings. The minimum atomic E-state index is 0.407. The van der Waals surface area contributed by atoms with Crippen molar-refractivity contribution in [1.29, 1.82) is 0 Å². The number of aliphatic imine (C=N–C) groups is 4. The Balaban J connectivity index is 1.25. The number of nitrogens with one attached hydrogen (secondary N) is 1. The van der Waals surface area contributed by atoms with E-state index in [-0.39, 0.29) is 0 Å². The van der Waals surface area contributed by atoms with Gasteiger partial charge >= 0.3 is 0 Å². The van der Waals surface area contributed by atoms with E-state index in [1.165, 1.54) is 0 Å². The lowest BCUT2D eigenvalue weighted by atomic mass is 9.88. The number of hydrogen-bond acceptors (Lipinski definition) is 7. The van der Waals surface area contributed by atoms with E-state index in [2.05, 4.69) is 167 Å². The predicted molar refractivity (Wildman–Crippen MR) is 303 cm³/mol. The van der Waals surface area contributed by atoms with Gasteiger partial charge in [0.15, 0.2) is 5.82 Å². The predicted octanol–water partition coefficient (Wildman–Crippen LogP) is 14.9. The van der Waals surface area contributed by atoms with E-state index in [0.717, 1.165) is 96.6 Å². The number of anilines is 3. The molecular formula is C63H57N9. The Morgan fingerprint density at radius 1 is 0.722 bits per heavy atom. The number of hydrogen-bond donors (Lipinski definition) is 1. The number of amidine groups is 2. The van der Waals surface area contributed by atoms with E-state index >= 15 is 0 Å². The number of aromatic nitrogens is 2. The molecule has 0 saturated carbocycles. The summed E-state index contributed by atoms with van der Waals surface area (Å²) in [6.07, 6.45) is 18.6. The summed E-state index contributed by atoms with van der Waals surface area (Å²) in [4.78, 5) is 33.9. The van der Waals surface area contributed by atoms with Gasteiger partial charge in [0.1, 0.15) is 24.0 Å². The van der Waals surface area contributed by atoms with E-state index in [0.29, 0.717) is 24.9 Å². The van der Waals surface area contributed by atoms with Gasteiger partial charge in [0, 0.05) is 59.4 Å². The number of pyridine rings is 2. The molecule has 0 aliphatic heterocycles. The third-order valence-corrected chi connectivity index (χ3v) is 12.3. The molecule has 72 heavy (non-hydrogen) atoms. The molecule has 0 spiro atoms. The number of nitrogens with zero attached hydrogens (tertiary/aromatic N) is 8. The summed E-state index contributed by atoms with van der Waals surface area (Å²) in [5, 5.41) is 3.45. The van der Waals surface area contributed by atoms with Gasteiger partial charge in [0.2, 0.25) is 0 Å². The first kappa shape index (κ1) is 48.0. The van der Waals surface area contributed by atoms with Crippen LogP contribution in [0.4, 0.5) is 28.6 Å². The Hall–Kier alpha value is -9.08. The van der Waals surface area contributed by atoms with Crippen LogP contribution in [0.1, 0.15) is 37.0 Å². The van der Waals surface area contributed by atoms with Gasteiger partial charge in [-0.25, -0.2) is 9.98 Å². The van der Waals surface area contributed by atoms with Gasteiger partial charge in [0.25, 0.3) is 0 Å². The molecule has 9 nitrogen and oxygen atoms in total. The lowest BCUT2D eigenvalue weighted by molar-refractivity contribution is 0.532. The molecule has 0 amide bonds. The standard InChI is InChI=1S/C63H57N9/c1-5-37-67-62(72(45-64-6-2)54-35-33-46(3)34-36-54)58-30-17-15-28-56(58)49-40-48(55-27-14-13-21-47(55)43-68-60-32-20-39-66-61(60)69-51-22-9-7-10-23-51)41-50(42-49)57-29-16-18-31-59(57)63(70-52-24-19-38-65-44-52)71(4)53-25-11-8-12-26-53/h5-33,35-36,38-44,46H,1,34,37,45H2,2-4H3,(H,66,69)/b64-6-,67-62?,68-43?,70-63?. The van der Waals surface area contributed by atoms with Crippen LogP contribution in [0.15, 0.2) is 251 Å². The van der Waals surface area contributed by atoms with Crippen molar-refractivity contribution < 1.29 is 0 Å².